The molecule has 2 atom stereocenters. The minimum Gasteiger partial charge on any atom is -0.341 e. The van der Waals surface area contributed by atoms with Crippen molar-refractivity contribution in [2.75, 3.05) is 13.6 Å². The van der Waals surface area contributed by atoms with Gasteiger partial charge in [0.25, 0.3) is 15.0 Å². The molecular formula is C14H17Cl2NO3S. The largest absolute Gasteiger partial charge is 0.341 e. The fourth-order valence-electron chi connectivity index (χ4n) is 2.31. The minimum atomic E-state index is -3.93. The van der Waals surface area contributed by atoms with Crippen LogP contribution in [0.1, 0.15) is 29.3 Å². The molecule has 116 valence electrons. The van der Waals surface area contributed by atoms with E-state index in [-0.39, 0.29) is 21.4 Å². The molecule has 1 saturated carbocycles. The van der Waals surface area contributed by atoms with Crippen molar-refractivity contribution in [2.45, 2.75) is 25.2 Å². The molecule has 1 aromatic carbocycles. The summed E-state index contributed by atoms with van der Waals surface area (Å²) in [5.41, 5.74) is 0.832. The van der Waals surface area contributed by atoms with Gasteiger partial charge in [0.2, 0.25) is 0 Å². The molecule has 2 unspecified atom stereocenters. The highest BCUT2D eigenvalue weighted by atomic mass is 35.7. The Labute approximate surface area is 134 Å². The van der Waals surface area contributed by atoms with Gasteiger partial charge in [-0.15, -0.1) is 0 Å². The van der Waals surface area contributed by atoms with E-state index in [1.54, 1.807) is 18.9 Å². The van der Waals surface area contributed by atoms with Crippen LogP contribution >= 0.6 is 22.3 Å². The fourth-order valence-corrected chi connectivity index (χ4v) is 3.38. The van der Waals surface area contributed by atoms with E-state index in [0.29, 0.717) is 23.9 Å². The molecule has 1 aliphatic rings. The molecule has 4 nitrogen and oxygen atoms in total. The van der Waals surface area contributed by atoms with E-state index in [1.165, 1.54) is 12.1 Å². The summed E-state index contributed by atoms with van der Waals surface area (Å²) in [5, 5.41) is 0.216. The molecule has 0 spiro atoms. The molecule has 21 heavy (non-hydrogen) atoms. The number of hydrogen-bond acceptors (Lipinski definition) is 3. The number of amides is 1. The summed E-state index contributed by atoms with van der Waals surface area (Å²) in [7, 11) is 3.13. The predicted octanol–water partition coefficient (Wildman–Crippen LogP) is 3.30. The van der Waals surface area contributed by atoms with Crippen LogP contribution in [0.2, 0.25) is 5.02 Å². The van der Waals surface area contributed by atoms with Gasteiger partial charge in [-0.05, 0) is 42.9 Å². The van der Waals surface area contributed by atoms with Crippen molar-refractivity contribution in [3.05, 3.63) is 28.3 Å². The molecule has 1 aromatic rings. The Morgan fingerprint density at radius 1 is 1.43 bits per heavy atom. The van der Waals surface area contributed by atoms with E-state index in [0.717, 1.165) is 6.42 Å². The Balaban J connectivity index is 2.33. The number of carbonyl (C=O) groups excluding carboxylic acids is 1. The third kappa shape index (κ3) is 3.71. The second-order valence-electron chi connectivity index (χ2n) is 5.67. The molecule has 2 rings (SSSR count). The first-order valence-electron chi connectivity index (χ1n) is 6.61. The number of carbonyl (C=O) groups is 1. The lowest BCUT2D eigenvalue weighted by Crippen LogP contribution is -2.29. The average molecular weight is 350 g/mol. The van der Waals surface area contributed by atoms with E-state index in [2.05, 4.69) is 6.92 Å². The zero-order valence-electron chi connectivity index (χ0n) is 12.1. The zero-order valence-corrected chi connectivity index (χ0v) is 14.4. The van der Waals surface area contributed by atoms with Crippen molar-refractivity contribution in [1.29, 1.82) is 0 Å². The van der Waals surface area contributed by atoms with Crippen molar-refractivity contribution in [2.24, 2.45) is 11.8 Å². The summed E-state index contributed by atoms with van der Waals surface area (Å²) in [6, 6.07) is 2.55. The number of benzene rings is 1. The van der Waals surface area contributed by atoms with E-state index in [9.17, 15) is 13.2 Å². The van der Waals surface area contributed by atoms with Gasteiger partial charge in [0.05, 0.1) is 4.90 Å². The standard InChI is InChI=1S/C14H17Cl2NO3S/c1-8-4-10(8)7-17(3)14(18)12-5-11(21(16,19)20)6-13(15)9(12)2/h5-6,8,10H,4,7H2,1-3H3. The predicted molar refractivity (Wildman–Crippen MR) is 83.5 cm³/mol. The van der Waals surface area contributed by atoms with E-state index < -0.39 is 9.05 Å². The molecule has 0 N–H and O–H groups in total. The lowest BCUT2D eigenvalue weighted by atomic mass is 10.1. The second kappa shape index (κ2) is 5.78. The first-order chi connectivity index (χ1) is 9.61. The highest BCUT2D eigenvalue weighted by Crippen LogP contribution is 2.38. The topological polar surface area (TPSA) is 54.5 Å². The number of rotatable bonds is 4. The smallest absolute Gasteiger partial charge is 0.261 e. The van der Waals surface area contributed by atoms with E-state index in [4.69, 9.17) is 22.3 Å². The van der Waals surface area contributed by atoms with Crippen LogP contribution < -0.4 is 0 Å². The van der Waals surface area contributed by atoms with Crippen LogP contribution in [0.25, 0.3) is 0 Å². The van der Waals surface area contributed by atoms with Gasteiger partial charge in [-0.25, -0.2) is 8.42 Å². The Morgan fingerprint density at radius 3 is 2.48 bits per heavy atom. The number of nitrogens with zero attached hydrogens (tertiary/aromatic N) is 1. The average Bonchev–Trinajstić information content (AvgIpc) is 3.05. The van der Waals surface area contributed by atoms with Crippen molar-refractivity contribution in [3.8, 4) is 0 Å². The van der Waals surface area contributed by atoms with Gasteiger partial charge in [0.1, 0.15) is 0 Å². The quantitative estimate of drug-likeness (QED) is 0.783. The second-order valence-corrected chi connectivity index (χ2v) is 8.65. The molecule has 1 fully saturated rings. The SMILES string of the molecule is Cc1c(Cl)cc(S(=O)(=O)Cl)cc1C(=O)N(C)CC1CC1C. The zero-order chi connectivity index (χ0) is 15.9. The number of halogens is 2. The van der Waals surface area contributed by atoms with Crippen molar-refractivity contribution < 1.29 is 13.2 Å². The molecule has 0 bridgehead atoms. The van der Waals surface area contributed by atoms with Gasteiger partial charge in [-0.3, -0.25) is 4.79 Å². The van der Waals surface area contributed by atoms with E-state index in [1.807, 2.05) is 0 Å². The lowest BCUT2D eigenvalue weighted by molar-refractivity contribution is 0.0786. The van der Waals surface area contributed by atoms with Gasteiger partial charge in [0.15, 0.2) is 0 Å². The van der Waals surface area contributed by atoms with Gasteiger partial charge in [-0.2, -0.15) is 0 Å². The summed E-state index contributed by atoms with van der Waals surface area (Å²) in [6.45, 7) is 4.49. The Morgan fingerprint density at radius 2 is 2.00 bits per heavy atom. The van der Waals surface area contributed by atoms with Crippen LogP contribution in [-0.4, -0.2) is 32.8 Å². The maximum absolute atomic E-state index is 12.5. The van der Waals surface area contributed by atoms with Gasteiger partial charge >= 0.3 is 0 Å². The third-order valence-corrected chi connectivity index (χ3v) is 5.69. The molecule has 0 aromatic heterocycles. The van der Waals surface area contributed by atoms with Crippen molar-refractivity contribution in [1.82, 2.24) is 4.90 Å². The molecular weight excluding hydrogens is 333 g/mol. The summed E-state index contributed by atoms with van der Waals surface area (Å²) in [4.78, 5) is 13.9. The van der Waals surface area contributed by atoms with Crippen LogP contribution in [0.3, 0.4) is 0 Å². The summed E-state index contributed by atoms with van der Waals surface area (Å²) in [5.74, 6) is 0.921. The molecule has 1 aliphatic carbocycles. The van der Waals surface area contributed by atoms with Gasteiger partial charge in [-0.1, -0.05) is 18.5 Å². The molecule has 0 radical (unpaired) electrons. The van der Waals surface area contributed by atoms with Crippen molar-refractivity contribution >= 4 is 37.2 Å². The maximum Gasteiger partial charge on any atom is 0.261 e. The summed E-state index contributed by atoms with van der Waals surface area (Å²) >= 11 is 6.02. The van der Waals surface area contributed by atoms with Crippen LogP contribution in [-0.2, 0) is 9.05 Å². The van der Waals surface area contributed by atoms with Crippen LogP contribution in [0.5, 0.6) is 0 Å². The highest BCUT2D eigenvalue weighted by Gasteiger charge is 2.34. The molecule has 1 amide bonds. The summed E-state index contributed by atoms with van der Waals surface area (Å²) < 4.78 is 22.9. The molecule has 0 heterocycles. The first kappa shape index (κ1) is 16.6. The maximum atomic E-state index is 12.5. The molecule has 7 heteroatoms. The van der Waals surface area contributed by atoms with Gasteiger partial charge < -0.3 is 4.90 Å². The first-order valence-corrected chi connectivity index (χ1v) is 9.30. The van der Waals surface area contributed by atoms with Crippen LogP contribution in [0.4, 0.5) is 0 Å². The monoisotopic (exact) mass is 349 g/mol. The summed E-state index contributed by atoms with van der Waals surface area (Å²) in [6.07, 6.45) is 1.12. The van der Waals surface area contributed by atoms with Gasteiger partial charge in [0, 0.05) is 34.9 Å². The highest BCUT2D eigenvalue weighted by molar-refractivity contribution is 8.13. The lowest BCUT2D eigenvalue weighted by Gasteiger charge is -2.19. The van der Waals surface area contributed by atoms with Crippen LogP contribution in [0, 0.1) is 18.8 Å². The fraction of sp³-hybridized carbons (Fsp3) is 0.500. The number of hydrogen-bond donors (Lipinski definition) is 0. The van der Waals surface area contributed by atoms with Crippen LogP contribution in [0.15, 0.2) is 17.0 Å². The Bertz CT molecular complexity index is 688. The van der Waals surface area contributed by atoms with E-state index >= 15 is 0 Å². The Hall–Kier alpha value is -0.780. The molecule has 0 saturated heterocycles. The minimum absolute atomic E-state index is 0.156. The molecule has 0 aliphatic heterocycles. The van der Waals surface area contributed by atoms with Crippen molar-refractivity contribution in [3.63, 3.8) is 0 Å². The normalized spacial score (nSPS) is 21.2. The Kier molecular flexibility index (Phi) is 4.57. The third-order valence-electron chi connectivity index (χ3n) is 3.96.